The number of nitrogens with zero attached hydrogens (tertiary/aromatic N) is 4. The fraction of sp³-hybridized carbons (Fsp3) is 0.200. The third kappa shape index (κ3) is 4.83. The molecule has 7 heteroatoms. The van der Waals surface area contributed by atoms with E-state index in [9.17, 15) is 9.59 Å². The van der Waals surface area contributed by atoms with Crippen LogP contribution in [0.1, 0.15) is 22.6 Å². The molecule has 0 radical (unpaired) electrons. The molecule has 0 saturated heterocycles. The number of hydrogen-bond donors (Lipinski definition) is 1. The van der Waals surface area contributed by atoms with Gasteiger partial charge in [-0.1, -0.05) is 30.3 Å². The Hall–Kier alpha value is -4.00. The van der Waals surface area contributed by atoms with Crippen LogP contribution >= 0.6 is 0 Å². The minimum absolute atomic E-state index is 0.0217. The lowest BCUT2D eigenvalue weighted by Crippen LogP contribution is -2.30. The Balaban J connectivity index is 1.44. The first-order chi connectivity index (χ1) is 15.6. The maximum absolute atomic E-state index is 13.0. The molecule has 0 saturated carbocycles. The highest BCUT2D eigenvalue weighted by Crippen LogP contribution is 2.19. The summed E-state index contributed by atoms with van der Waals surface area (Å²) in [6, 6.07) is 20.8. The Kier molecular flexibility index (Phi) is 6.55. The van der Waals surface area contributed by atoms with Crippen LogP contribution in [0, 0.1) is 0 Å². The van der Waals surface area contributed by atoms with Gasteiger partial charge in [-0.3, -0.25) is 14.6 Å². The molecule has 162 valence electrons. The molecular weight excluding hydrogens is 402 g/mol. The number of carbonyl (C=O) groups is 2. The van der Waals surface area contributed by atoms with Gasteiger partial charge in [-0.15, -0.1) is 0 Å². The SMILES string of the molecule is CN(C(=O)Cn1c(CCCNC(=O)c2ccncc2)nc2ccccc21)c1ccccc1. The number of hydrogen-bond acceptors (Lipinski definition) is 4. The molecule has 2 aromatic carbocycles. The summed E-state index contributed by atoms with van der Waals surface area (Å²) in [5.41, 5.74) is 3.22. The van der Waals surface area contributed by atoms with E-state index in [0.29, 0.717) is 24.9 Å². The average molecular weight is 428 g/mol. The summed E-state index contributed by atoms with van der Waals surface area (Å²) in [7, 11) is 1.78. The van der Waals surface area contributed by atoms with E-state index in [1.54, 1.807) is 36.5 Å². The number of anilines is 1. The Morgan fingerprint density at radius 3 is 2.47 bits per heavy atom. The molecule has 0 atom stereocenters. The first-order valence-corrected chi connectivity index (χ1v) is 10.6. The monoisotopic (exact) mass is 427 g/mol. The van der Waals surface area contributed by atoms with E-state index in [4.69, 9.17) is 4.98 Å². The van der Waals surface area contributed by atoms with Gasteiger partial charge in [-0.25, -0.2) is 4.98 Å². The molecule has 0 spiro atoms. The number of benzene rings is 2. The third-order valence-corrected chi connectivity index (χ3v) is 5.35. The van der Waals surface area contributed by atoms with Gasteiger partial charge < -0.3 is 14.8 Å². The molecule has 0 aliphatic heterocycles. The number of imidazole rings is 1. The van der Waals surface area contributed by atoms with Crippen molar-refractivity contribution in [3.05, 3.63) is 90.5 Å². The van der Waals surface area contributed by atoms with Crippen LogP contribution in [-0.2, 0) is 17.8 Å². The van der Waals surface area contributed by atoms with Gasteiger partial charge in [0.05, 0.1) is 11.0 Å². The standard InChI is InChI=1S/C25H25N5O2/c1-29(20-8-3-2-4-9-20)24(31)18-30-22-11-6-5-10-21(22)28-23(30)12-7-15-27-25(32)19-13-16-26-17-14-19/h2-6,8-11,13-14,16-17H,7,12,15,18H2,1H3,(H,27,32). The number of para-hydroxylation sites is 3. The van der Waals surface area contributed by atoms with Crippen LogP contribution in [-0.4, -0.2) is 39.9 Å². The maximum Gasteiger partial charge on any atom is 0.251 e. The van der Waals surface area contributed by atoms with Crippen LogP contribution in [0.2, 0.25) is 0 Å². The Labute approximate surface area is 186 Å². The largest absolute Gasteiger partial charge is 0.352 e. The molecule has 4 aromatic rings. The lowest BCUT2D eigenvalue weighted by molar-refractivity contribution is -0.118. The lowest BCUT2D eigenvalue weighted by Gasteiger charge is -2.18. The molecule has 2 amide bonds. The van der Waals surface area contributed by atoms with Crippen molar-refractivity contribution in [3.8, 4) is 0 Å². The number of rotatable bonds is 8. The molecule has 4 rings (SSSR count). The van der Waals surface area contributed by atoms with E-state index in [1.165, 1.54) is 0 Å². The molecule has 7 nitrogen and oxygen atoms in total. The van der Waals surface area contributed by atoms with Crippen molar-refractivity contribution in [2.75, 3.05) is 18.5 Å². The highest BCUT2D eigenvalue weighted by Gasteiger charge is 2.17. The highest BCUT2D eigenvalue weighted by molar-refractivity contribution is 5.94. The van der Waals surface area contributed by atoms with Crippen LogP contribution in [0.25, 0.3) is 11.0 Å². The van der Waals surface area contributed by atoms with Gasteiger partial charge in [0.25, 0.3) is 5.91 Å². The van der Waals surface area contributed by atoms with E-state index in [-0.39, 0.29) is 18.4 Å². The Bertz CT molecular complexity index is 1200. The second-order valence-corrected chi connectivity index (χ2v) is 7.49. The van der Waals surface area contributed by atoms with Crippen molar-refractivity contribution in [3.63, 3.8) is 0 Å². The van der Waals surface area contributed by atoms with Crippen molar-refractivity contribution in [1.29, 1.82) is 0 Å². The van der Waals surface area contributed by atoms with E-state index >= 15 is 0 Å². The Morgan fingerprint density at radius 2 is 1.69 bits per heavy atom. The molecule has 2 aromatic heterocycles. The molecular formula is C25H25N5O2. The minimum Gasteiger partial charge on any atom is -0.352 e. The summed E-state index contributed by atoms with van der Waals surface area (Å²) in [5, 5.41) is 2.92. The number of aryl methyl sites for hydroxylation is 1. The summed E-state index contributed by atoms with van der Waals surface area (Å²) in [5.74, 6) is 0.686. The normalized spacial score (nSPS) is 10.8. The van der Waals surface area contributed by atoms with Crippen LogP contribution in [0.15, 0.2) is 79.1 Å². The zero-order valence-electron chi connectivity index (χ0n) is 17.9. The van der Waals surface area contributed by atoms with Crippen LogP contribution < -0.4 is 10.2 Å². The molecule has 0 aliphatic carbocycles. The van der Waals surface area contributed by atoms with Crippen molar-refractivity contribution >= 4 is 28.5 Å². The van der Waals surface area contributed by atoms with Gasteiger partial charge in [-0.05, 0) is 42.8 Å². The zero-order chi connectivity index (χ0) is 22.3. The van der Waals surface area contributed by atoms with Crippen LogP contribution in [0.3, 0.4) is 0 Å². The van der Waals surface area contributed by atoms with Gasteiger partial charge in [0, 0.05) is 43.7 Å². The van der Waals surface area contributed by atoms with Gasteiger partial charge in [0.15, 0.2) is 0 Å². The fourth-order valence-corrected chi connectivity index (χ4v) is 3.58. The number of aromatic nitrogens is 3. The van der Waals surface area contributed by atoms with Crippen molar-refractivity contribution < 1.29 is 9.59 Å². The predicted octanol–water partition coefficient (Wildman–Crippen LogP) is 3.46. The minimum atomic E-state index is -0.124. The summed E-state index contributed by atoms with van der Waals surface area (Å²) in [6.45, 7) is 0.715. The maximum atomic E-state index is 13.0. The smallest absolute Gasteiger partial charge is 0.251 e. The van der Waals surface area contributed by atoms with Gasteiger partial charge >= 0.3 is 0 Å². The number of carbonyl (C=O) groups excluding carboxylic acids is 2. The quantitative estimate of drug-likeness (QED) is 0.437. The average Bonchev–Trinajstić information content (AvgIpc) is 3.19. The van der Waals surface area contributed by atoms with Crippen molar-refractivity contribution in [2.45, 2.75) is 19.4 Å². The van der Waals surface area contributed by atoms with Crippen LogP contribution in [0.4, 0.5) is 5.69 Å². The lowest BCUT2D eigenvalue weighted by atomic mass is 10.2. The number of fused-ring (bicyclic) bond motifs is 1. The number of amides is 2. The molecule has 0 fully saturated rings. The summed E-state index contributed by atoms with van der Waals surface area (Å²) < 4.78 is 1.97. The molecule has 2 heterocycles. The van der Waals surface area contributed by atoms with Gasteiger partial charge in [0.1, 0.15) is 12.4 Å². The molecule has 0 bridgehead atoms. The second kappa shape index (κ2) is 9.87. The topological polar surface area (TPSA) is 80.1 Å². The van der Waals surface area contributed by atoms with Crippen molar-refractivity contribution in [2.24, 2.45) is 0 Å². The summed E-state index contributed by atoms with van der Waals surface area (Å²) in [4.78, 5) is 35.5. The van der Waals surface area contributed by atoms with Gasteiger partial charge in [-0.2, -0.15) is 0 Å². The predicted molar refractivity (Wildman–Crippen MR) is 124 cm³/mol. The third-order valence-electron chi connectivity index (χ3n) is 5.35. The molecule has 0 aliphatic rings. The van der Waals surface area contributed by atoms with Crippen LogP contribution in [0.5, 0.6) is 0 Å². The first-order valence-electron chi connectivity index (χ1n) is 10.6. The molecule has 1 N–H and O–H groups in total. The first kappa shape index (κ1) is 21.2. The Morgan fingerprint density at radius 1 is 0.969 bits per heavy atom. The fourth-order valence-electron chi connectivity index (χ4n) is 3.58. The van der Waals surface area contributed by atoms with E-state index in [2.05, 4.69) is 10.3 Å². The highest BCUT2D eigenvalue weighted by atomic mass is 16.2. The number of nitrogens with one attached hydrogen (secondary N) is 1. The molecule has 32 heavy (non-hydrogen) atoms. The summed E-state index contributed by atoms with van der Waals surface area (Å²) >= 11 is 0. The van der Waals surface area contributed by atoms with E-state index < -0.39 is 0 Å². The zero-order valence-corrected chi connectivity index (χ0v) is 17.9. The summed E-state index contributed by atoms with van der Waals surface area (Å²) in [6.07, 6.45) is 4.55. The van der Waals surface area contributed by atoms with Gasteiger partial charge in [0.2, 0.25) is 5.91 Å². The van der Waals surface area contributed by atoms with E-state index in [1.807, 2.05) is 59.2 Å². The number of likely N-dealkylation sites (N-methyl/N-ethyl adjacent to an activating group) is 1. The number of pyridine rings is 1. The van der Waals surface area contributed by atoms with Crippen molar-refractivity contribution in [1.82, 2.24) is 19.9 Å². The van der Waals surface area contributed by atoms with E-state index in [0.717, 1.165) is 22.5 Å². The molecule has 0 unspecified atom stereocenters. The second-order valence-electron chi connectivity index (χ2n) is 7.49.